The van der Waals surface area contributed by atoms with Crippen LogP contribution in [0.25, 0.3) is 11.0 Å². The predicted molar refractivity (Wildman–Crippen MR) is 88.4 cm³/mol. The Bertz CT molecular complexity index is 948. The lowest BCUT2D eigenvalue weighted by Gasteiger charge is -2.32. The molecule has 0 saturated carbocycles. The van der Waals surface area contributed by atoms with E-state index in [1.165, 1.54) is 4.31 Å². The highest BCUT2D eigenvalue weighted by Crippen LogP contribution is 2.37. The van der Waals surface area contributed by atoms with Crippen LogP contribution in [0, 0.1) is 0 Å². The average Bonchev–Trinajstić information content (AvgIpc) is 2.87. The summed E-state index contributed by atoms with van der Waals surface area (Å²) in [5.41, 5.74) is 1.04. The largest absolute Gasteiger partial charge is 0.417 e. The van der Waals surface area contributed by atoms with Crippen LogP contribution >= 0.6 is 0 Å². The summed E-state index contributed by atoms with van der Waals surface area (Å²) in [4.78, 5) is 4.04. The first-order valence-corrected chi connectivity index (χ1v) is 9.32. The van der Waals surface area contributed by atoms with Gasteiger partial charge in [-0.1, -0.05) is 13.5 Å². The van der Waals surface area contributed by atoms with Gasteiger partial charge in [0.05, 0.1) is 12.1 Å². The summed E-state index contributed by atoms with van der Waals surface area (Å²) < 4.78 is 66.5. The highest BCUT2D eigenvalue weighted by Gasteiger charge is 2.35. The second kappa shape index (κ2) is 5.84. The van der Waals surface area contributed by atoms with E-state index in [0.717, 1.165) is 17.7 Å². The number of pyridine rings is 1. The summed E-state index contributed by atoms with van der Waals surface area (Å²) in [6, 6.07) is 0.858. The fraction of sp³-hybridized carbons (Fsp3) is 0.438. The van der Waals surface area contributed by atoms with E-state index < -0.39 is 21.8 Å². The van der Waals surface area contributed by atoms with Gasteiger partial charge in [-0.2, -0.15) is 17.5 Å². The monoisotopic (exact) mass is 373 g/mol. The van der Waals surface area contributed by atoms with Crippen molar-refractivity contribution in [2.24, 2.45) is 0 Å². The van der Waals surface area contributed by atoms with Gasteiger partial charge in [0, 0.05) is 35.3 Å². The van der Waals surface area contributed by atoms with Gasteiger partial charge < -0.3 is 4.57 Å². The van der Waals surface area contributed by atoms with Gasteiger partial charge in [-0.15, -0.1) is 0 Å². The standard InChI is InChI=1S/C16H18F3N3O2S/c1-4-12-13-6-11(16(17,18)19)7-20-15(13)22-10(3)8-21(9-14(12)22)25(23,24)5-2/h5-7,10H,2,4,8-9H2,1,3H3/t10-/m1/s1. The molecule has 3 heterocycles. The van der Waals surface area contributed by atoms with Crippen LogP contribution in [0.2, 0.25) is 0 Å². The summed E-state index contributed by atoms with van der Waals surface area (Å²) in [5.74, 6) is 0. The van der Waals surface area contributed by atoms with Crippen LogP contribution in [0.3, 0.4) is 0 Å². The van der Waals surface area contributed by atoms with E-state index in [-0.39, 0.29) is 19.1 Å². The zero-order valence-corrected chi connectivity index (χ0v) is 14.7. The van der Waals surface area contributed by atoms with E-state index in [2.05, 4.69) is 11.6 Å². The van der Waals surface area contributed by atoms with Gasteiger partial charge in [0.25, 0.3) is 0 Å². The SMILES string of the molecule is C=CS(=O)(=O)N1Cc2c(CC)c3cc(C(F)(F)F)cnc3n2[C@H](C)C1. The van der Waals surface area contributed by atoms with Crippen LogP contribution < -0.4 is 0 Å². The normalized spacial score (nSPS) is 19.2. The third-order valence-corrected chi connectivity index (χ3v) is 5.96. The Balaban J connectivity index is 2.24. The van der Waals surface area contributed by atoms with Crippen molar-refractivity contribution in [3.05, 3.63) is 41.1 Å². The number of alkyl halides is 3. The number of nitrogens with zero attached hydrogens (tertiary/aromatic N) is 3. The van der Waals surface area contributed by atoms with Gasteiger partial charge in [-0.05, 0) is 25.0 Å². The second-order valence-electron chi connectivity index (χ2n) is 6.09. The summed E-state index contributed by atoms with van der Waals surface area (Å²) in [7, 11) is -3.61. The van der Waals surface area contributed by atoms with E-state index in [1.807, 2.05) is 18.4 Å². The average molecular weight is 373 g/mol. The fourth-order valence-electron chi connectivity index (χ4n) is 3.40. The Morgan fingerprint density at radius 2 is 2.12 bits per heavy atom. The first-order chi connectivity index (χ1) is 11.6. The maximum absolute atomic E-state index is 13.0. The molecule has 5 nitrogen and oxygen atoms in total. The van der Waals surface area contributed by atoms with E-state index in [0.29, 0.717) is 28.7 Å². The smallest absolute Gasteiger partial charge is 0.324 e. The second-order valence-corrected chi connectivity index (χ2v) is 7.97. The summed E-state index contributed by atoms with van der Waals surface area (Å²) in [6.07, 6.45) is -3.16. The number of hydrogen-bond acceptors (Lipinski definition) is 3. The van der Waals surface area contributed by atoms with Crippen molar-refractivity contribution in [3.8, 4) is 0 Å². The van der Waals surface area contributed by atoms with Crippen molar-refractivity contribution in [1.29, 1.82) is 0 Å². The molecule has 1 atom stereocenters. The lowest BCUT2D eigenvalue weighted by Crippen LogP contribution is -2.39. The Kier molecular flexibility index (Phi) is 4.19. The Morgan fingerprint density at radius 3 is 2.68 bits per heavy atom. The number of aryl methyl sites for hydroxylation is 1. The first kappa shape index (κ1) is 17.9. The summed E-state index contributed by atoms with van der Waals surface area (Å²) in [5, 5.41) is 1.32. The molecule has 0 amide bonds. The quantitative estimate of drug-likeness (QED) is 0.828. The van der Waals surface area contributed by atoms with Gasteiger partial charge in [-0.25, -0.2) is 13.4 Å². The van der Waals surface area contributed by atoms with Gasteiger partial charge in [0.15, 0.2) is 0 Å². The van der Waals surface area contributed by atoms with Crippen LogP contribution in [0.15, 0.2) is 24.3 Å². The molecule has 2 aromatic rings. The number of halogens is 3. The molecule has 3 rings (SSSR count). The topological polar surface area (TPSA) is 55.2 Å². The molecule has 25 heavy (non-hydrogen) atoms. The molecule has 0 fully saturated rings. The molecule has 0 bridgehead atoms. The van der Waals surface area contributed by atoms with E-state index >= 15 is 0 Å². The Morgan fingerprint density at radius 1 is 1.44 bits per heavy atom. The van der Waals surface area contributed by atoms with Crippen LogP contribution in [-0.4, -0.2) is 28.8 Å². The highest BCUT2D eigenvalue weighted by molar-refractivity contribution is 7.91. The number of hydrogen-bond donors (Lipinski definition) is 0. The minimum absolute atomic E-state index is 0.0968. The molecule has 0 unspecified atom stereocenters. The van der Waals surface area contributed by atoms with Crippen molar-refractivity contribution in [2.45, 2.75) is 39.0 Å². The van der Waals surface area contributed by atoms with Gasteiger partial charge in [0.1, 0.15) is 5.65 Å². The first-order valence-electron chi connectivity index (χ1n) is 7.81. The molecule has 0 N–H and O–H groups in total. The zero-order valence-electron chi connectivity index (χ0n) is 13.8. The van der Waals surface area contributed by atoms with E-state index in [1.54, 1.807) is 0 Å². The highest BCUT2D eigenvalue weighted by atomic mass is 32.2. The zero-order chi connectivity index (χ0) is 18.6. The molecule has 0 aromatic carbocycles. The maximum Gasteiger partial charge on any atom is 0.417 e. The molecule has 0 saturated heterocycles. The Labute approximate surface area is 143 Å². The van der Waals surface area contributed by atoms with Crippen molar-refractivity contribution in [3.63, 3.8) is 0 Å². The number of fused-ring (bicyclic) bond motifs is 3. The minimum Gasteiger partial charge on any atom is -0.324 e. The van der Waals surface area contributed by atoms with Gasteiger partial charge >= 0.3 is 6.18 Å². The number of aromatic nitrogens is 2. The number of rotatable bonds is 3. The van der Waals surface area contributed by atoms with Crippen LogP contribution in [0.1, 0.15) is 36.7 Å². The van der Waals surface area contributed by atoms with Gasteiger partial charge in [0.2, 0.25) is 10.0 Å². The minimum atomic E-state index is -4.47. The lowest BCUT2D eigenvalue weighted by molar-refractivity contribution is -0.137. The molecule has 1 aliphatic rings. The van der Waals surface area contributed by atoms with E-state index in [4.69, 9.17) is 0 Å². The van der Waals surface area contributed by atoms with Crippen LogP contribution in [0.5, 0.6) is 0 Å². The van der Waals surface area contributed by atoms with E-state index in [9.17, 15) is 21.6 Å². The predicted octanol–water partition coefficient (Wildman–Crippen LogP) is 3.47. The molecular weight excluding hydrogens is 355 g/mol. The van der Waals surface area contributed by atoms with Gasteiger partial charge in [-0.3, -0.25) is 0 Å². The molecule has 0 spiro atoms. The molecule has 2 aromatic heterocycles. The molecule has 1 aliphatic heterocycles. The summed E-state index contributed by atoms with van der Waals surface area (Å²) in [6.45, 7) is 7.32. The van der Waals surface area contributed by atoms with Crippen LogP contribution in [0.4, 0.5) is 13.2 Å². The molecule has 0 radical (unpaired) electrons. The van der Waals surface area contributed by atoms with Crippen molar-refractivity contribution in [2.75, 3.05) is 6.54 Å². The molecule has 9 heteroatoms. The fourth-order valence-corrected chi connectivity index (χ4v) is 4.34. The van der Waals surface area contributed by atoms with Crippen LogP contribution in [-0.2, 0) is 29.2 Å². The third-order valence-electron chi connectivity index (χ3n) is 4.55. The van der Waals surface area contributed by atoms with Crippen molar-refractivity contribution >= 4 is 21.1 Å². The Hall–Kier alpha value is -1.87. The summed E-state index contributed by atoms with van der Waals surface area (Å²) >= 11 is 0. The lowest BCUT2D eigenvalue weighted by atomic mass is 10.1. The molecular formula is C16H18F3N3O2S. The number of sulfonamides is 1. The molecule has 136 valence electrons. The van der Waals surface area contributed by atoms with Crippen molar-refractivity contribution < 1.29 is 21.6 Å². The maximum atomic E-state index is 13.0. The molecule has 0 aliphatic carbocycles. The van der Waals surface area contributed by atoms with Crippen molar-refractivity contribution in [1.82, 2.24) is 13.9 Å². The third kappa shape index (κ3) is 2.85.